The summed E-state index contributed by atoms with van der Waals surface area (Å²) in [5, 5.41) is 11.7. The number of rotatable bonds is 2. The van der Waals surface area contributed by atoms with Crippen molar-refractivity contribution in [3.05, 3.63) is 57.3 Å². The molecule has 0 spiro atoms. The van der Waals surface area contributed by atoms with Crippen LogP contribution in [0.25, 0.3) is 21.9 Å². The number of fused-ring (bicyclic) bond motifs is 3. The van der Waals surface area contributed by atoms with Gasteiger partial charge in [-0.2, -0.15) is 0 Å². The van der Waals surface area contributed by atoms with Gasteiger partial charge >= 0.3 is 0 Å². The number of hydrogen-bond donors (Lipinski definition) is 1. The quantitative estimate of drug-likeness (QED) is 0.497. The summed E-state index contributed by atoms with van der Waals surface area (Å²) in [5.41, 5.74) is 3.12. The Morgan fingerprint density at radius 2 is 2.00 bits per heavy atom. The number of hydrogen-bond acceptors (Lipinski definition) is 4. The van der Waals surface area contributed by atoms with Crippen molar-refractivity contribution in [1.29, 1.82) is 0 Å². The van der Waals surface area contributed by atoms with Crippen LogP contribution >= 0.6 is 0 Å². The van der Waals surface area contributed by atoms with Gasteiger partial charge in [-0.15, -0.1) is 0 Å². The van der Waals surface area contributed by atoms with Gasteiger partial charge < -0.3 is 14.3 Å². The van der Waals surface area contributed by atoms with Crippen LogP contribution in [0.1, 0.15) is 45.2 Å². The molecule has 0 radical (unpaired) electrons. The molecule has 1 N–H and O–H groups in total. The van der Waals surface area contributed by atoms with Gasteiger partial charge in [0.05, 0.1) is 5.39 Å². The first-order valence-corrected chi connectivity index (χ1v) is 9.33. The first kappa shape index (κ1) is 17.7. The molecule has 4 heteroatoms. The topological polar surface area (TPSA) is 59.7 Å². The van der Waals surface area contributed by atoms with Gasteiger partial charge in [0.2, 0.25) is 5.43 Å². The number of benzene rings is 2. The summed E-state index contributed by atoms with van der Waals surface area (Å²) in [6, 6.07) is 7.15. The third-order valence-corrected chi connectivity index (χ3v) is 5.21. The molecule has 0 amide bonds. The predicted molar refractivity (Wildman–Crippen MR) is 108 cm³/mol. The zero-order valence-electron chi connectivity index (χ0n) is 16.2. The van der Waals surface area contributed by atoms with Crippen LogP contribution in [0.3, 0.4) is 0 Å². The minimum absolute atomic E-state index is 0.00375. The molecular weight excluding hydrogens is 340 g/mol. The molecule has 0 bridgehead atoms. The molecule has 27 heavy (non-hydrogen) atoms. The second-order valence-corrected chi connectivity index (χ2v) is 8.11. The predicted octanol–water partition coefficient (Wildman–Crippen LogP) is 5.26. The largest absolute Gasteiger partial charge is 0.507 e. The number of aromatic hydroxyl groups is 1. The summed E-state index contributed by atoms with van der Waals surface area (Å²) in [6.45, 7) is 8.15. The van der Waals surface area contributed by atoms with Gasteiger partial charge in [0.25, 0.3) is 0 Å². The van der Waals surface area contributed by atoms with Crippen molar-refractivity contribution in [2.75, 3.05) is 0 Å². The smallest absolute Gasteiger partial charge is 0.204 e. The summed E-state index contributed by atoms with van der Waals surface area (Å²) in [7, 11) is 0. The molecule has 1 aliphatic heterocycles. The first-order valence-electron chi connectivity index (χ1n) is 9.33. The zero-order valence-corrected chi connectivity index (χ0v) is 16.2. The van der Waals surface area contributed by atoms with Crippen LogP contribution in [0.5, 0.6) is 11.5 Å². The molecule has 2 heterocycles. The Morgan fingerprint density at radius 1 is 1.26 bits per heavy atom. The van der Waals surface area contributed by atoms with Crippen molar-refractivity contribution in [1.82, 2.24) is 0 Å². The fraction of sp³-hybridized carbons (Fsp3) is 0.348. The fourth-order valence-electron chi connectivity index (χ4n) is 3.71. The van der Waals surface area contributed by atoms with Gasteiger partial charge in [-0.05, 0) is 59.1 Å². The molecule has 1 aliphatic rings. The van der Waals surface area contributed by atoms with Gasteiger partial charge in [0.15, 0.2) is 0 Å². The molecule has 0 fully saturated rings. The number of para-hydroxylation sites is 1. The lowest BCUT2D eigenvalue weighted by atomic mass is 9.89. The Labute approximate surface area is 158 Å². The Balaban J connectivity index is 2.15. The molecule has 4 nitrogen and oxygen atoms in total. The molecular formula is C23H24O4. The van der Waals surface area contributed by atoms with E-state index in [2.05, 4.69) is 6.08 Å². The van der Waals surface area contributed by atoms with Crippen LogP contribution in [-0.4, -0.2) is 10.7 Å². The molecule has 0 atom stereocenters. The minimum Gasteiger partial charge on any atom is -0.507 e. The molecule has 0 unspecified atom stereocenters. The van der Waals surface area contributed by atoms with Crippen LogP contribution in [0.15, 0.2) is 45.1 Å². The van der Waals surface area contributed by atoms with Crippen molar-refractivity contribution in [3.8, 4) is 11.5 Å². The lowest BCUT2D eigenvalue weighted by Crippen LogP contribution is -2.33. The van der Waals surface area contributed by atoms with Crippen molar-refractivity contribution < 1.29 is 14.3 Å². The van der Waals surface area contributed by atoms with Crippen LogP contribution in [-0.2, 0) is 12.8 Å². The minimum atomic E-state index is -0.329. The van der Waals surface area contributed by atoms with Crippen molar-refractivity contribution in [2.24, 2.45) is 0 Å². The van der Waals surface area contributed by atoms with Crippen LogP contribution < -0.4 is 10.2 Å². The highest BCUT2D eigenvalue weighted by atomic mass is 16.5. The first-order chi connectivity index (χ1) is 12.8. The maximum atomic E-state index is 13.1. The molecule has 140 valence electrons. The van der Waals surface area contributed by atoms with Crippen molar-refractivity contribution in [3.63, 3.8) is 0 Å². The van der Waals surface area contributed by atoms with Gasteiger partial charge in [0, 0.05) is 11.1 Å². The van der Waals surface area contributed by atoms with E-state index in [1.807, 2.05) is 33.8 Å². The molecule has 2 aromatic carbocycles. The maximum absolute atomic E-state index is 13.1. The van der Waals surface area contributed by atoms with E-state index in [9.17, 15) is 9.90 Å². The average molecular weight is 364 g/mol. The Hall–Kier alpha value is -2.75. The van der Waals surface area contributed by atoms with E-state index in [4.69, 9.17) is 9.15 Å². The molecule has 3 aromatic rings. The number of phenolic OH excluding ortho intramolecular Hbond substituents is 1. The summed E-state index contributed by atoms with van der Waals surface area (Å²) >= 11 is 0. The fourth-order valence-corrected chi connectivity index (χ4v) is 3.71. The van der Waals surface area contributed by atoms with Gasteiger partial charge in [-0.3, -0.25) is 4.79 Å². The van der Waals surface area contributed by atoms with E-state index in [0.29, 0.717) is 40.7 Å². The van der Waals surface area contributed by atoms with E-state index in [1.54, 1.807) is 18.2 Å². The SMILES string of the molecule is CC(C)=CCc1c2c(c(O)c3c(=O)c4ccccc4oc13)CCC(C)(C)O2. The normalized spacial score (nSPS) is 15.4. The standard InChI is InChI=1S/C23H24O4/c1-13(2)9-10-16-21-15(11-12-23(3,4)27-21)20(25)18-19(24)14-7-5-6-8-17(14)26-22(16)18/h5-9,25H,10-12H2,1-4H3. The van der Waals surface area contributed by atoms with E-state index in [0.717, 1.165) is 12.0 Å². The Bertz CT molecular complexity index is 1140. The van der Waals surface area contributed by atoms with Gasteiger partial charge in [0.1, 0.15) is 33.7 Å². The second kappa shape index (κ2) is 6.15. The number of allylic oxidation sites excluding steroid dienone is 2. The molecule has 0 aliphatic carbocycles. The van der Waals surface area contributed by atoms with Gasteiger partial charge in [-0.1, -0.05) is 23.8 Å². The summed E-state index contributed by atoms with van der Waals surface area (Å²) < 4.78 is 12.4. The summed E-state index contributed by atoms with van der Waals surface area (Å²) in [5.74, 6) is 0.656. The monoisotopic (exact) mass is 364 g/mol. The van der Waals surface area contributed by atoms with Crippen molar-refractivity contribution in [2.45, 2.75) is 52.6 Å². The van der Waals surface area contributed by atoms with Crippen LogP contribution in [0, 0.1) is 0 Å². The molecule has 4 rings (SSSR count). The third-order valence-electron chi connectivity index (χ3n) is 5.21. The Morgan fingerprint density at radius 3 is 2.74 bits per heavy atom. The zero-order chi connectivity index (χ0) is 19.3. The molecule has 0 saturated heterocycles. The molecule has 0 saturated carbocycles. The van der Waals surface area contributed by atoms with Crippen molar-refractivity contribution >= 4 is 21.9 Å². The summed E-state index contributed by atoms with van der Waals surface area (Å²) in [4.78, 5) is 13.1. The van der Waals surface area contributed by atoms with E-state index < -0.39 is 0 Å². The van der Waals surface area contributed by atoms with E-state index in [-0.39, 0.29) is 22.2 Å². The average Bonchev–Trinajstić information content (AvgIpc) is 2.60. The highest BCUT2D eigenvalue weighted by molar-refractivity contribution is 5.97. The second-order valence-electron chi connectivity index (χ2n) is 8.11. The third kappa shape index (κ3) is 2.89. The van der Waals surface area contributed by atoms with Crippen LogP contribution in [0.4, 0.5) is 0 Å². The Kier molecular flexibility index (Phi) is 4.02. The lowest BCUT2D eigenvalue weighted by Gasteiger charge is -2.34. The van der Waals surface area contributed by atoms with E-state index in [1.165, 1.54) is 5.57 Å². The van der Waals surface area contributed by atoms with Gasteiger partial charge in [-0.25, -0.2) is 0 Å². The van der Waals surface area contributed by atoms with Crippen LogP contribution in [0.2, 0.25) is 0 Å². The number of phenols is 1. The summed E-state index contributed by atoms with van der Waals surface area (Å²) in [6.07, 6.45) is 4.11. The highest BCUT2D eigenvalue weighted by Crippen LogP contribution is 2.45. The highest BCUT2D eigenvalue weighted by Gasteiger charge is 2.33. The molecule has 1 aromatic heterocycles. The lowest BCUT2D eigenvalue weighted by molar-refractivity contribution is 0.0827. The number of ether oxygens (including phenoxy) is 1. The van der Waals surface area contributed by atoms with E-state index >= 15 is 0 Å². The maximum Gasteiger partial charge on any atom is 0.204 e.